The fraction of sp³-hybridized carbons (Fsp3) is 0.562. The summed E-state index contributed by atoms with van der Waals surface area (Å²) in [6.07, 6.45) is 0.541. The Labute approximate surface area is 120 Å². The van der Waals surface area contributed by atoms with Crippen LogP contribution in [0.25, 0.3) is 0 Å². The molecule has 0 fully saturated rings. The molecule has 1 aromatic carbocycles. The first-order chi connectivity index (χ1) is 9.63. The summed E-state index contributed by atoms with van der Waals surface area (Å²) in [5.74, 6) is -0.177. The Kier molecular flexibility index (Phi) is 7.09. The zero-order valence-electron chi connectivity index (χ0n) is 12.5. The summed E-state index contributed by atoms with van der Waals surface area (Å²) < 4.78 is 10.5. The highest BCUT2D eigenvalue weighted by Crippen LogP contribution is 2.29. The number of hydrogen-bond donors (Lipinski definition) is 1. The second kappa shape index (κ2) is 8.59. The van der Waals surface area contributed by atoms with Crippen molar-refractivity contribution >= 4 is 5.97 Å². The van der Waals surface area contributed by atoms with E-state index in [0.29, 0.717) is 30.9 Å². The van der Waals surface area contributed by atoms with Crippen molar-refractivity contribution in [1.82, 2.24) is 0 Å². The molecule has 4 heteroatoms. The highest BCUT2D eigenvalue weighted by Gasteiger charge is 2.28. The van der Waals surface area contributed by atoms with Crippen molar-refractivity contribution in [3.05, 3.63) is 29.8 Å². The molecule has 0 bridgehead atoms. The second-order valence-electron chi connectivity index (χ2n) is 4.60. The van der Waals surface area contributed by atoms with Crippen LogP contribution < -0.4 is 4.74 Å². The number of aliphatic hydroxyl groups excluding tert-OH is 1. The Hall–Kier alpha value is -1.55. The van der Waals surface area contributed by atoms with E-state index in [1.165, 1.54) is 0 Å². The third-order valence-electron chi connectivity index (χ3n) is 3.08. The van der Waals surface area contributed by atoms with Gasteiger partial charge in [-0.2, -0.15) is 0 Å². The SMILES string of the molecule is CCCC(C(=O)OCC)C(O)c1cccc(OCC)c1. The topological polar surface area (TPSA) is 55.8 Å². The van der Waals surface area contributed by atoms with Crippen molar-refractivity contribution in [3.8, 4) is 5.75 Å². The molecular formula is C16H24O4. The Morgan fingerprint density at radius 1 is 1.25 bits per heavy atom. The molecule has 2 atom stereocenters. The molecule has 0 aliphatic heterocycles. The van der Waals surface area contributed by atoms with Crippen LogP contribution in [-0.2, 0) is 9.53 Å². The number of carbonyl (C=O) groups excluding carboxylic acids is 1. The van der Waals surface area contributed by atoms with Crippen LogP contribution in [0.3, 0.4) is 0 Å². The van der Waals surface area contributed by atoms with Crippen LogP contribution >= 0.6 is 0 Å². The van der Waals surface area contributed by atoms with Gasteiger partial charge in [0, 0.05) is 0 Å². The summed E-state index contributed by atoms with van der Waals surface area (Å²) in [6, 6.07) is 7.22. The van der Waals surface area contributed by atoms with Gasteiger partial charge in [-0.25, -0.2) is 0 Å². The lowest BCUT2D eigenvalue weighted by molar-refractivity contribution is -0.152. The number of hydrogen-bond acceptors (Lipinski definition) is 4. The van der Waals surface area contributed by atoms with E-state index in [9.17, 15) is 9.90 Å². The molecule has 0 radical (unpaired) electrons. The molecule has 1 aromatic rings. The maximum absolute atomic E-state index is 11.9. The molecule has 1 rings (SSSR count). The Morgan fingerprint density at radius 3 is 2.60 bits per heavy atom. The minimum Gasteiger partial charge on any atom is -0.494 e. The third kappa shape index (κ3) is 4.53. The molecule has 0 aliphatic rings. The quantitative estimate of drug-likeness (QED) is 0.743. The van der Waals surface area contributed by atoms with Gasteiger partial charge in [0.15, 0.2) is 0 Å². The van der Waals surface area contributed by atoms with E-state index in [-0.39, 0.29) is 5.97 Å². The van der Waals surface area contributed by atoms with E-state index < -0.39 is 12.0 Å². The monoisotopic (exact) mass is 280 g/mol. The largest absolute Gasteiger partial charge is 0.494 e. The lowest BCUT2D eigenvalue weighted by Crippen LogP contribution is -2.24. The third-order valence-corrected chi connectivity index (χ3v) is 3.08. The van der Waals surface area contributed by atoms with Crippen LogP contribution in [0, 0.1) is 5.92 Å². The maximum Gasteiger partial charge on any atom is 0.311 e. The molecule has 0 saturated heterocycles. The first-order valence-corrected chi connectivity index (χ1v) is 7.21. The van der Waals surface area contributed by atoms with E-state index in [1.807, 2.05) is 26.0 Å². The van der Waals surface area contributed by atoms with E-state index in [1.54, 1.807) is 19.1 Å². The minimum atomic E-state index is -0.866. The van der Waals surface area contributed by atoms with Crippen molar-refractivity contribution in [2.45, 2.75) is 39.7 Å². The lowest BCUT2D eigenvalue weighted by Gasteiger charge is -2.21. The van der Waals surface area contributed by atoms with Crippen molar-refractivity contribution in [2.75, 3.05) is 13.2 Å². The van der Waals surface area contributed by atoms with Crippen LogP contribution in [0.15, 0.2) is 24.3 Å². The summed E-state index contributed by atoms with van der Waals surface area (Å²) in [5.41, 5.74) is 0.683. The van der Waals surface area contributed by atoms with Gasteiger partial charge in [-0.1, -0.05) is 25.5 Å². The summed E-state index contributed by atoms with van der Waals surface area (Å²) in [5, 5.41) is 10.4. The van der Waals surface area contributed by atoms with Gasteiger partial charge in [-0.3, -0.25) is 4.79 Å². The fourth-order valence-corrected chi connectivity index (χ4v) is 2.15. The minimum absolute atomic E-state index is 0.324. The van der Waals surface area contributed by atoms with Gasteiger partial charge < -0.3 is 14.6 Å². The second-order valence-corrected chi connectivity index (χ2v) is 4.60. The summed E-state index contributed by atoms with van der Waals surface area (Å²) >= 11 is 0. The molecule has 0 spiro atoms. The highest BCUT2D eigenvalue weighted by molar-refractivity contribution is 5.73. The fourth-order valence-electron chi connectivity index (χ4n) is 2.15. The zero-order valence-corrected chi connectivity index (χ0v) is 12.5. The molecular weight excluding hydrogens is 256 g/mol. The van der Waals surface area contributed by atoms with Gasteiger partial charge in [-0.15, -0.1) is 0 Å². The standard InChI is InChI=1S/C16H24O4/c1-4-8-14(16(18)20-6-3)15(17)12-9-7-10-13(11-12)19-5-2/h7,9-11,14-15,17H,4-6,8H2,1-3H3. The van der Waals surface area contributed by atoms with Crippen LogP contribution in [0.5, 0.6) is 5.75 Å². The Morgan fingerprint density at radius 2 is 2.00 bits per heavy atom. The molecule has 2 unspecified atom stereocenters. The van der Waals surface area contributed by atoms with Crippen molar-refractivity contribution < 1.29 is 19.4 Å². The number of rotatable bonds is 8. The Balaban J connectivity index is 2.90. The van der Waals surface area contributed by atoms with E-state index in [4.69, 9.17) is 9.47 Å². The summed E-state index contributed by atoms with van der Waals surface area (Å²) in [6.45, 7) is 6.54. The van der Waals surface area contributed by atoms with Gasteiger partial charge in [-0.05, 0) is 38.0 Å². The number of aliphatic hydroxyl groups is 1. The average Bonchev–Trinajstić information content (AvgIpc) is 2.45. The molecule has 0 heterocycles. The molecule has 4 nitrogen and oxygen atoms in total. The molecule has 0 aliphatic carbocycles. The van der Waals surface area contributed by atoms with Crippen molar-refractivity contribution in [3.63, 3.8) is 0 Å². The Bertz CT molecular complexity index is 417. The normalized spacial score (nSPS) is 13.6. The van der Waals surface area contributed by atoms with Crippen LogP contribution in [-0.4, -0.2) is 24.3 Å². The van der Waals surface area contributed by atoms with Crippen molar-refractivity contribution in [1.29, 1.82) is 0 Å². The molecule has 0 amide bonds. The van der Waals surface area contributed by atoms with Gasteiger partial charge >= 0.3 is 5.97 Å². The number of ether oxygens (including phenoxy) is 2. The molecule has 20 heavy (non-hydrogen) atoms. The lowest BCUT2D eigenvalue weighted by atomic mass is 9.92. The number of benzene rings is 1. The van der Waals surface area contributed by atoms with Gasteiger partial charge in [0.1, 0.15) is 5.75 Å². The smallest absolute Gasteiger partial charge is 0.311 e. The van der Waals surface area contributed by atoms with Crippen LogP contribution in [0.2, 0.25) is 0 Å². The zero-order chi connectivity index (χ0) is 15.0. The first kappa shape index (κ1) is 16.5. The number of carbonyl (C=O) groups is 1. The van der Waals surface area contributed by atoms with E-state index >= 15 is 0 Å². The predicted octanol–water partition coefficient (Wildman–Crippen LogP) is 3.10. The van der Waals surface area contributed by atoms with Gasteiger partial charge in [0.2, 0.25) is 0 Å². The summed E-state index contributed by atoms with van der Waals surface area (Å²) in [7, 11) is 0. The summed E-state index contributed by atoms with van der Waals surface area (Å²) in [4.78, 5) is 11.9. The van der Waals surface area contributed by atoms with Gasteiger partial charge in [0.05, 0.1) is 25.2 Å². The predicted molar refractivity (Wildman–Crippen MR) is 77.6 cm³/mol. The highest BCUT2D eigenvalue weighted by atomic mass is 16.5. The molecule has 0 saturated carbocycles. The molecule has 0 aromatic heterocycles. The van der Waals surface area contributed by atoms with Crippen LogP contribution in [0.1, 0.15) is 45.3 Å². The van der Waals surface area contributed by atoms with E-state index in [2.05, 4.69) is 0 Å². The van der Waals surface area contributed by atoms with Crippen molar-refractivity contribution in [2.24, 2.45) is 5.92 Å². The van der Waals surface area contributed by atoms with Crippen LogP contribution in [0.4, 0.5) is 0 Å². The molecule has 1 N–H and O–H groups in total. The van der Waals surface area contributed by atoms with E-state index in [0.717, 1.165) is 6.42 Å². The van der Waals surface area contributed by atoms with Gasteiger partial charge in [0.25, 0.3) is 0 Å². The average molecular weight is 280 g/mol. The maximum atomic E-state index is 11.9. The number of esters is 1. The first-order valence-electron chi connectivity index (χ1n) is 7.21. The molecule has 112 valence electrons.